The smallest absolute Gasteiger partial charge is 0.273 e. The first-order valence-corrected chi connectivity index (χ1v) is 8.65. The van der Waals surface area contributed by atoms with Crippen LogP contribution in [0, 0.1) is 6.92 Å². The molecule has 0 bridgehead atoms. The Labute approximate surface area is 140 Å². The highest BCUT2D eigenvalue weighted by atomic mass is 32.1. The van der Waals surface area contributed by atoms with E-state index in [0.717, 1.165) is 35.8 Å². The van der Waals surface area contributed by atoms with Gasteiger partial charge < -0.3 is 15.0 Å². The zero-order valence-electron chi connectivity index (χ0n) is 13.4. The number of likely N-dealkylation sites (tertiary alicyclic amines) is 1. The van der Waals surface area contributed by atoms with Gasteiger partial charge in [0.1, 0.15) is 11.4 Å². The molecule has 23 heavy (non-hydrogen) atoms. The molecule has 0 unspecified atom stereocenters. The predicted octanol–water partition coefficient (Wildman–Crippen LogP) is 3.18. The Morgan fingerprint density at radius 1 is 1.39 bits per heavy atom. The van der Waals surface area contributed by atoms with Crippen molar-refractivity contribution in [2.45, 2.75) is 25.8 Å². The van der Waals surface area contributed by atoms with Crippen molar-refractivity contribution in [2.24, 2.45) is 0 Å². The van der Waals surface area contributed by atoms with Gasteiger partial charge in [0.2, 0.25) is 0 Å². The van der Waals surface area contributed by atoms with Crippen LogP contribution in [0.25, 0.3) is 0 Å². The summed E-state index contributed by atoms with van der Waals surface area (Å²) in [7, 11) is 1.66. The predicted molar refractivity (Wildman–Crippen MR) is 92.4 cm³/mol. The summed E-state index contributed by atoms with van der Waals surface area (Å²) in [5, 5.41) is 6.28. The number of anilines is 1. The number of piperidine rings is 1. The molecule has 0 spiro atoms. The molecule has 0 saturated carbocycles. The van der Waals surface area contributed by atoms with E-state index in [2.05, 4.69) is 10.3 Å². The van der Waals surface area contributed by atoms with Gasteiger partial charge in [-0.2, -0.15) is 0 Å². The molecule has 1 aromatic heterocycles. The summed E-state index contributed by atoms with van der Waals surface area (Å²) in [5.74, 6) is 0.880. The Balaban J connectivity index is 1.62. The highest BCUT2D eigenvalue weighted by Gasteiger charge is 2.25. The minimum Gasteiger partial charge on any atom is -0.497 e. The van der Waals surface area contributed by atoms with Crippen molar-refractivity contribution in [3.8, 4) is 5.75 Å². The Hall–Kier alpha value is -2.08. The summed E-state index contributed by atoms with van der Waals surface area (Å²) in [6.45, 7) is 3.43. The number of rotatable bonds is 4. The molecule has 1 amide bonds. The van der Waals surface area contributed by atoms with Crippen LogP contribution in [0.15, 0.2) is 29.6 Å². The molecule has 122 valence electrons. The number of carbonyl (C=O) groups is 1. The number of hydrogen-bond donors (Lipinski definition) is 1. The van der Waals surface area contributed by atoms with Gasteiger partial charge in [0, 0.05) is 30.2 Å². The van der Waals surface area contributed by atoms with Crippen molar-refractivity contribution in [1.29, 1.82) is 0 Å². The number of aromatic nitrogens is 1. The van der Waals surface area contributed by atoms with E-state index in [0.29, 0.717) is 12.2 Å². The molecule has 1 fully saturated rings. The zero-order valence-corrected chi connectivity index (χ0v) is 14.2. The molecular formula is C17H21N3O2S. The Kier molecular flexibility index (Phi) is 4.81. The van der Waals surface area contributed by atoms with Crippen LogP contribution >= 0.6 is 11.3 Å². The summed E-state index contributed by atoms with van der Waals surface area (Å²) in [6.07, 6.45) is 2.06. The van der Waals surface area contributed by atoms with E-state index in [4.69, 9.17) is 4.74 Å². The number of methoxy groups -OCH3 is 1. The Morgan fingerprint density at radius 3 is 2.83 bits per heavy atom. The van der Waals surface area contributed by atoms with E-state index >= 15 is 0 Å². The average molecular weight is 331 g/mol. The van der Waals surface area contributed by atoms with Gasteiger partial charge >= 0.3 is 0 Å². The van der Waals surface area contributed by atoms with E-state index in [1.54, 1.807) is 7.11 Å². The lowest BCUT2D eigenvalue weighted by molar-refractivity contribution is 0.0709. The number of carbonyl (C=O) groups excluding carboxylic acids is 1. The van der Waals surface area contributed by atoms with E-state index < -0.39 is 0 Å². The van der Waals surface area contributed by atoms with E-state index in [-0.39, 0.29) is 11.9 Å². The second-order valence-electron chi connectivity index (χ2n) is 5.71. The van der Waals surface area contributed by atoms with Crippen molar-refractivity contribution in [2.75, 3.05) is 25.5 Å². The average Bonchev–Trinajstić information content (AvgIpc) is 3.01. The third-order valence-electron chi connectivity index (χ3n) is 4.01. The number of aryl methyl sites for hydroxylation is 1. The highest BCUT2D eigenvalue weighted by molar-refractivity contribution is 7.09. The maximum atomic E-state index is 12.5. The van der Waals surface area contributed by atoms with Crippen LogP contribution in [0.2, 0.25) is 0 Å². The monoisotopic (exact) mass is 331 g/mol. The van der Waals surface area contributed by atoms with Crippen LogP contribution in [0.3, 0.4) is 0 Å². The maximum Gasteiger partial charge on any atom is 0.273 e. The van der Waals surface area contributed by atoms with Crippen molar-refractivity contribution < 1.29 is 9.53 Å². The second-order valence-corrected chi connectivity index (χ2v) is 6.78. The molecule has 2 heterocycles. The number of thiazole rings is 1. The summed E-state index contributed by atoms with van der Waals surface area (Å²) >= 11 is 1.52. The lowest BCUT2D eigenvalue weighted by Gasteiger charge is -2.33. The fourth-order valence-electron chi connectivity index (χ4n) is 2.83. The van der Waals surface area contributed by atoms with Crippen molar-refractivity contribution in [1.82, 2.24) is 9.88 Å². The summed E-state index contributed by atoms with van der Waals surface area (Å²) < 4.78 is 5.17. The summed E-state index contributed by atoms with van der Waals surface area (Å²) in [5.41, 5.74) is 1.62. The number of benzene rings is 1. The summed E-state index contributed by atoms with van der Waals surface area (Å²) in [6, 6.07) is 8.14. The van der Waals surface area contributed by atoms with E-state index in [9.17, 15) is 4.79 Å². The molecule has 0 radical (unpaired) electrons. The molecule has 1 aromatic carbocycles. The Morgan fingerprint density at radius 2 is 2.17 bits per heavy atom. The van der Waals surface area contributed by atoms with Gasteiger partial charge in [-0.05, 0) is 44.0 Å². The quantitative estimate of drug-likeness (QED) is 0.935. The number of amides is 1. The van der Waals surface area contributed by atoms with Gasteiger partial charge in [-0.15, -0.1) is 11.3 Å². The molecule has 6 heteroatoms. The largest absolute Gasteiger partial charge is 0.497 e. The fraction of sp³-hybridized carbons (Fsp3) is 0.412. The molecule has 1 N–H and O–H groups in total. The van der Waals surface area contributed by atoms with Crippen LogP contribution in [-0.2, 0) is 0 Å². The SMILES string of the molecule is COc1ccc(N[C@@H]2CCCN(C(=O)c3csc(C)n3)C2)cc1. The highest BCUT2D eigenvalue weighted by Crippen LogP contribution is 2.20. The van der Waals surface area contributed by atoms with Crippen LogP contribution in [0.5, 0.6) is 5.75 Å². The Bertz CT molecular complexity index is 669. The van der Waals surface area contributed by atoms with Crippen molar-refractivity contribution >= 4 is 22.9 Å². The topological polar surface area (TPSA) is 54.5 Å². The van der Waals surface area contributed by atoms with Crippen molar-refractivity contribution in [3.05, 3.63) is 40.3 Å². The number of nitrogens with zero attached hydrogens (tertiary/aromatic N) is 2. The van der Waals surface area contributed by atoms with Crippen LogP contribution in [0.4, 0.5) is 5.69 Å². The third kappa shape index (κ3) is 3.82. The first kappa shape index (κ1) is 15.8. The first-order chi connectivity index (χ1) is 11.2. The van der Waals surface area contributed by atoms with E-state index in [1.165, 1.54) is 11.3 Å². The van der Waals surface area contributed by atoms with E-state index in [1.807, 2.05) is 41.5 Å². The summed E-state index contributed by atoms with van der Waals surface area (Å²) in [4.78, 5) is 18.7. The molecule has 5 nitrogen and oxygen atoms in total. The number of nitrogens with one attached hydrogen (secondary N) is 1. The standard InChI is InChI=1S/C17H21N3O2S/c1-12-18-16(11-23-12)17(21)20-9-3-4-14(10-20)19-13-5-7-15(22-2)8-6-13/h5-8,11,14,19H,3-4,9-10H2,1-2H3/t14-/m1/s1. The molecule has 0 aliphatic carbocycles. The second kappa shape index (κ2) is 7.00. The number of hydrogen-bond acceptors (Lipinski definition) is 5. The maximum absolute atomic E-state index is 12.5. The molecule has 2 aromatic rings. The molecule has 1 saturated heterocycles. The van der Waals surface area contributed by atoms with Crippen LogP contribution in [-0.4, -0.2) is 42.0 Å². The molecule has 1 aliphatic heterocycles. The lowest BCUT2D eigenvalue weighted by Crippen LogP contribution is -2.45. The minimum atomic E-state index is 0.0376. The lowest BCUT2D eigenvalue weighted by atomic mass is 10.0. The molecule has 1 atom stereocenters. The van der Waals surface area contributed by atoms with Crippen LogP contribution in [0.1, 0.15) is 28.3 Å². The van der Waals surface area contributed by atoms with Gasteiger partial charge in [0.15, 0.2) is 0 Å². The zero-order chi connectivity index (χ0) is 16.2. The molecule has 1 aliphatic rings. The van der Waals surface area contributed by atoms with Crippen LogP contribution < -0.4 is 10.1 Å². The number of ether oxygens (including phenoxy) is 1. The van der Waals surface area contributed by atoms with Gasteiger partial charge in [0.25, 0.3) is 5.91 Å². The molecule has 3 rings (SSSR count). The fourth-order valence-corrected chi connectivity index (χ4v) is 3.41. The third-order valence-corrected chi connectivity index (χ3v) is 4.78. The minimum absolute atomic E-state index is 0.0376. The van der Waals surface area contributed by atoms with Gasteiger partial charge in [0.05, 0.1) is 12.1 Å². The van der Waals surface area contributed by atoms with Gasteiger partial charge in [-0.25, -0.2) is 4.98 Å². The van der Waals surface area contributed by atoms with Crippen molar-refractivity contribution in [3.63, 3.8) is 0 Å². The van der Waals surface area contributed by atoms with Gasteiger partial charge in [-0.1, -0.05) is 0 Å². The normalized spacial score (nSPS) is 17.8. The van der Waals surface area contributed by atoms with Gasteiger partial charge in [-0.3, -0.25) is 4.79 Å². The first-order valence-electron chi connectivity index (χ1n) is 7.77. The molecular weight excluding hydrogens is 310 g/mol.